The summed E-state index contributed by atoms with van der Waals surface area (Å²) in [4.78, 5) is 29.9. The molecule has 12 heteroatoms. The molecule has 2 amide bonds. The van der Waals surface area contributed by atoms with Crippen molar-refractivity contribution in [1.29, 1.82) is 0 Å². The quantitative estimate of drug-likeness (QED) is 0.191. The van der Waals surface area contributed by atoms with Crippen LogP contribution in [0.4, 0.5) is 0 Å². The van der Waals surface area contributed by atoms with Crippen LogP contribution in [0.2, 0.25) is 0 Å². The number of nitrogens with zero attached hydrogens (tertiary/aromatic N) is 4. The summed E-state index contributed by atoms with van der Waals surface area (Å²) in [6.45, 7) is 7.10. The van der Waals surface area contributed by atoms with Crippen LogP contribution in [0.1, 0.15) is 108 Å². The van der Waals surface area contributed by atoms with Crippen LogP contribution in [0.25, 0.3) is 33.8 Å². The second-order valence-corrected chi connectivity index (χ2v) is 17.3. The van der Waals surface area contributed by atoms with Crippen molar-refractivity contribution in [3.63, 3.8) is 0 Å². The Labute approximate surface area is 317 Å². The molecule has 1 N–H and O–H groups in total. The minimum Gasteiger partial charge on any atom is -0.497 e. The van der Waals surface area contributed by atoms with E-state index in [1.165, 1.54) is 12.0 Å². The van der Waals surface area contributed by atoms with Gasteiger partial charge in [0.15, 0.2) is 0 Å². The lowest BCUT2D eigenvalue weighted by Crippen LogP contribution is -2.48. The largest absolute Gasteiger partial charge is 0.497 e. The number of morpholine rings is 1. The molecule has 11 nitrogen and oxygen atoms in total. The molecule has 4 aromatic rings. The number of aryl methyl sites for hydroxylation is 1. The highest BCUT2D eigenvalue weighted by Gasteiger charge is 2.35. The molecule has 2 aliphatic heterocycles. The van der Waals surface area contributed by atoms with Gasteiger partial charge in [0.1, 0.15) is 5.75 Å². The van der Waals surface area contributed by atoms with Gasteiger partial charge in [-0.15, -0.1) is 6.58 Å². The van der Waals surface area contributed by atoms with E-state index in [1.807, 2.05) is 43.1 Å². The third-order valence-electron chi connectivity index (χ3n) is 11.8. The van der Waals surface area contributed by atoms with Gasteiger partial charge in [0.05, 0.1) is 60.8 Å². The third kappa shape index (κ3) is 6.57. The number of hydrogen-bond acceptors (Lipinski definition) is 7. The summed E-state index contributed by atoms with van der Waals surface area (Å²) in [5.74, 6) is 0.283. The number of carbonyl (C=O) groups excluding carboxylic acids is 2. The van der Waals surface area contributed by atoms with E-state index in [4.69, 9.17) is 9.47 Å². The minimum absolute atomic E-state index is 0.126. The van der Waals surface area contributed by atoms with E-state index < -0.39 is 21.2 Å². The van der Waals surface area contributed by atoms with E-state index in [-0.39, 0.29) is 18.1 Å². The Bertz CT molecular complexity index is 2270. The highest BCUT2D eigenvalue weighted by molar-refractivity contribution is 7.90. The highest BCUT2D eigenvalue weighted by atomic mass is 32.2. The lowest BCUT2D eigenvalue weighted by molar-refractivity contribution is -0.0459. The van der Waals surface area contributed by atoms with Crippen molar-refractivity contribution in [2.75, 3.05) is 20.2 Å². The molecule has 2 aliphatic carbocycles. The van der Waals surface area contributed by atoms with Crippen molar-refractivity contribution in [3.05, 3.63) is 83.2 Å². The molecule has 2 aromatic carbocycles. The van der Waals surface area contributed by atoms with Crippen LogP contribution >= 0.6 is 0 Å². The molecule has 1 saturated heterocycles. The smallest absolute Gasteiger partial charge is 0.264 e. The van der Waals surface area contributed by atoms with Gasteiger partial charge in [-0.05, 0) is 91.6 Å². The Hall–Kier alpha value is -4.68. The first-order valence-electron chi connectivity index (χ1n) is 19.3. The first-order valence-corrected chi connectivity index (χ1v) is 20.8. The van der Waals surface area contributed by atoms with Crippen molar-refractivity contribution < 1.29 is 27.5 Å². The van der Waals surface area contributed by atoms with Gasteiger partial charge in [-0.1, -0.05) is 44.2 Å². The summed E-state index contributed by atoms with van der Waals surface area (Å²) in [5, 5.41) is 5.12. The lowest BCUT2D eigenvalue weighted by atomic mass is 9.81. The Morgan fingerprint density at radius 1 is 1.00 bits per heavy atom. The standard InChI is InChI=1S/C42H49N5O6S/c1-5-31-25-46(23-26(2)53-31)42(49)36-22-43-45(3)39(36)30-19-29-20-32(52-4)16-18-34(29)40-38(27-11-7-6-8-12-27)35-17-15-28(21-37(35)47(40)24-30)41(48)44-54(50,51)33-13-9-10-14-33/h5,15-22,26-27,31,33H,1,6-14,23-25H2,2-4H3,(H,44,48). The van der Waals surface area contributed by atoms with Crippen LogP contribution in [0.5, 0.6) is 5.75 Å². The predicted molar refractivity (Wildman–Crippen MR) is 210 cm³/mol. The lowest BCUT2D eigenvalue weighted by Gasteiger charge is -2.35. The van der Waals surface area contributed by atoms with Gasteiger partial charge < -0.3 is 18.9 Å². The van der Waals surface area contributed by atoms with Crippen LogP contribution < -0.4 is 9.46 Å². The third-order valence-corrected chi connectivity index (χ3v) is 13.7. The molecule has 2 aromatic heterocycles. The Balaban J connectivity index is 1.29. The van der Waals surface area contributed by atoms with E-state index in [0.29, 0.717) is 55.2 Å². The fraction of sp³-hybridized carbons (Fsp3) is 0.452. The van der Waals surface area contributed by atoms with Gasteiger partial charge >= 0.3 is 0 Å². The van der Waals surface area contributed by atoms with Crippen molar-refractivity contribution in [3.8, 4) is 17.0 Å². The normalized spacial score (nSPS) is 20.9. The van der Waals surface area contributed by atoms with E-state index in [1.54, 1.807) is 30.1 Å². The van der Waals surface area contributed by atoms with Gasteiger partial charge in [0, 0.05) is 35.6 Å². The number of aromatic nitrogens is 3. The molecule has 0 spiro atoms. The zero-order chi connectivity index (χ0) is 37.7. The molecule has 3 fully saturated rings. The fourth-order valence-electron chi connectivity index (χ4n) is 9.22. The molecule has 4 aliphatic rings. The molecule has 2 atom stereocenters. The molecule has 54 heavy (non-hydrogen) atoms. The predicted octanol–water partition coefficient (Wildman–Crippen LogP) is 7.07. The monoisotopic (exact) mass is 751 g/mol. The summed E-state index contributed by atoms with van der Waals surface area (Å²) in [7, 11) is -0.290. The second kappa shape index (κ2) is 14.5. The van der Waals surface area contributed by atoms with Crippen LogP contribution in [-0.4, -0.2) is 77.1 Å². The second-order valence-electron chi connectivity index (χ2n) is 15.4. The number of hydrogen-bond donors (Lipinski definition) is 1. The van der Waals surface area contributed by atoms with Crippen LogP contribution in [0.3, 0.4) is 0 Å². The fourth-order valence-corrected chi connectivity index (χ4v) is 10.7. The Morgan fingerprint density at radius 3 is 2.50 bits per heavy atom. The maximum atomic E-state index is 14.3. The summed E-state index contributed by atoms with van der Waals surface area (Å²) in [5.41, 5.74) is 7.51. The number of rotatable bonds is 8. The Kier molecular flexibility index (Phi) is 9.76. The number of benzene rings is 2. The van der Waals surface area contributed by atoms with Crippen molar-refractivity contribution >= 4 is 44.4 Å². The van der Waals surface area contributed by atoms with Gasteiger partial charge in [0.2, 0.25) is 10.0 Å². The van der Waals surface area contributed by atoms with Crippen LogP contribution in [0, 0.1) is 0 Å². The Morgan fingerprint density at radius 2 is 1.76 bits per heavy atom. The first kappa shape index (κ1) is 36.3. The molecular weight excluding hydrogens is 703 g/mol. The average Bonchev–Trinajstić information content (AvgIpc) is 3.90. The number of fused-ring (bicyclic) bond motifs is 5. The van der Waals surface area contributed by atoms with Gasteiger partial charge in [-0.2, -0.15) is 5.10 Å². The molecule has 0 bridgehead atoms. The zero-order valence-corrected chi connectivity index (χ0v) is 32.2. The van der Waals surface area contributed by atoms with E-state index >= 15 is 0 Å². The topological polar surface area (TPSA) is 125 Å². The van der Waals surface area contributed by atoms with E-state index in [0.717, 1.165) is 77.6 Å². The molecule has 0 radical (unpaired) electrons. The zero-order valence-electron chi connectivity index (χ0n) is 31.3. The molecule has 4 heterocycles. The summed E-state index contributed by atoms with van der Waals surface area (Å²) >= 11 is 0. The maximum Gasteiger partial charge on any atom is 0.264 e. The minimum atomic E-state index is -3.80. The molecule has 284 valence electrons. The number of sulfonamides is 1. The van der Waals surface area contributed by atoms with Crippen molar-refractivity contribution in [2.24, 2.45) is 7.05 Å². The maximum absolute atomic E-state index is 14.3. The van der Waals surface area contributed by atoms with Crippen molar-refractivity contribution in [1.82, 2.24) is 24.0 Å². The number of nitrogens with one attached hydrogen (secondary N) is 1. The number of allylic oxidation sites excluding steroid dienone is 1. The molecule has 2 unspecified atom stereocenters. The SMILES string of the molecule is C=CC1CN(C(=O)c2cnn(C)c2C2=Cc3cc(OC)ccc3-c3c(C4CCCCC4)c4ccc(C(=O)NS(=O)(=O)C5CCCC5)cc4n3C2)CC(C)O1. The molecule has 2 saturated carbocycles. The number of carbonyl (C=O) groups is 2. The van der Waals surface area contributed by atoms with Gasteiger partial charge in [-0.25, -0.2) is 13.1 Å². The molecular formula is C42H49N5O6S. The van der Waals surface area contributed by atoms with Crippen LogP contribution in [-0.2, 0) is 28.4 Å². The molecule has 8 rings (SSSR count). The van der Waals surface area contributed by atoms with E-state index in [2.05, 4.69) is 33.1 Å². The highest BCUT2D eigenvalue weighted by Crippen LogP contribution is 2.48. The van der Waals surface area contributed by atoms with Crippen LogP contribution in [0.15, 0.2) is 55.3 Å². The van der Waals surface area contributed by atoms with Gasteiger partial charge in [-0.3, -0.25) is 14.3 Å². The first-order chi connectivity index (χ1) is 26.1. The summed E-state index contributed by atoms with van der Waals surface area (Å²) in [6, 6.07) is 11.7. The van der Waals surface area contributed by atoms with Crippen molar-refractivity contribution in [2.45, 2.75) is 94.6 Å². The van der Waals surface area contributed by atoms with Gasteiger partial charge in [0.25, 0.3) is 11.8 Å². The number of amides is 2. The summed E-state index contributed by atoms with van der Waals surface area (Å²) < 4.78 is 44.5. The summed E-state index contributed by atoms with van der Waals surface area (Å²) in [6.07, 6.45) is 13.5. The van der Waals surface area contributed by atoms with E-state index in [9.17, 15) is 18.0 Å². The number of ether oxygens (including phenoxy) is 2. The average molecular weight is 752 g/mol. The number of methoxy groups -OCH3 is 1.